The lowest BCUT2D eigenvalue weighted by Crippen LogP contribution is -1.94. The smallest absolute Gasteiger partial charge is 0.0544 e. The lowest BCUT2D eigenvalue weighted by molar-refractivity contribution is 1.18. The summed E-state index contributed by atoms with van der Waals surface area (Å²) in [5.41, 5.74) is 10.8. The lowest BCUT2D eigenvalue weighted by atomic mass is 10.00. The van der Waals surface area contributed by atoms with Gasteiger partial charge in [0.15, 0.2) is 0 Å². The van der Waals surface area contributed by atoms with E-state index in [1.807, 2.05) is 0 Å². The Bertz CT molecular complexity index is 2130. The molecule has 0 aliphatic rings. The number of hydrogen-bond donors (Lipinski definition) is 1. The van der Waals surface area contributed by atoms with Crippen molar-refractivity contribution >= 4 is 43.6 Å². The van der Waals surface area contributed by atoms with Gasteiger partial charge in [0.05, 0.1) is 16.6 Å². The van der Waals surface area contributed by atoms with Gasteiger partial charge in [0, 0.05) is 38.3 Å². The number of benzene rings is 6. The van der Waals surface area contributed by atoms with Gasteiger partial charge in [-0.1, -0.05) is 103 Å². The number of aromatic amines is 1. The molecule has 0 saturated heterocycles. The van der Waals surface area contributed by atoms with Crippen molar-refractivity contribution in [2.24, 2.45) is 0 Å². The van der Waals surface area contributed by atoms with E-state index in [1.54, 1.807) is 0 Å². The van der Waals surface area contributed by atoms with E-state index >= 15 is 0 Å². The number of fused-ring (bicyclic) bond motifs is 6. The van der Waals surface area contributed by atoms with Gasteiger partial charge < -0.3 is 9.55 Å². The van der Waals surface area contributed by atoms with E-state index in [9.17, 15) is 0 Å². The molecule has 2 aromatic heterocycles. The van der Waals surface area contributed by atoms with Gasteiger partial charge in [-0.05, 0) is 53.1 Å². The predicted octanol–water partition coefficient (Wildman–Crippen LogP) is 9.75. The van der Waals surface area contributed by atoms with Crippen molar-refractivity contribution in [2.75, 3.05) is 0 Å². The molecular weight excluding hydrogens is 460 g/mol. The number of nitrogens with one attached hydrogen (secondary N) is 1. The third-order valence-corrected chi connectivity index (χ3v) is 7.74. The number of H-pyrrole nitrogens is 1. The minimum atomic E-state index is 1.17. The predicted molar refractivity (Wildman–Crippen MR) is 161 cm³/mol. The molecule has 0 radical (unpaired) electrons. The summed E-state index contributed by atoms with van der Waals surface area (Å²) in [6.45, 7) is 0. The van der Waals surface area contributed by atoms with Crippen LogP contribution in [0.3, 0.4) is 0 Å². The van der Waals surface area contributed by atoms with Crippen molar-refractivity contribution in [3.63, 3.8) is 0 Å². The summed E-state index contributed by atoms with van der Waals surface area (Å²) in [6, 6.07) is 50.2. The Balaban J connectivity index is 1.36. The molecule has 0 amide bonds. The van der Waals surface area contributed by atoms with Crippen molar-refractivity contribution < 1.29 is 0 Å². The Morgan fingerprint density at radius 3 is 2.05 bits per heavy atom. The van der Waals surface area contributed by atoms with Crippen LogP contribution < -0.4 is 0 Å². The van der Waals surface area contributed by atoms with Crippen molar-refractivity contribution in [3.8, 4) is 27.9 Å². The molecule has 0 bridgehead atoms. The summed E-state index contributed by atoms with van der Waals surface area (Å²) in [4.78, 5) is 3.68. The van der Waals surface area contributed by atoms with E-state index in [4.69, 9.17) is 0 Å². The molecule has 8 rings (SSSR count). The van der Waals surface area contributed by atoms with E-state index in [-0.39, 0.29) is 0 Å². The Morgan fingerprint density at radius 2 is 1.13 bits per heavy atom. The van der Waals surface area contributed by atoms with Gasteiger partial charge in [-0.15, -0.1) is 0 Å². The molecule has 0 saturated carbocycles. The quantitative estimate of drug-likeness (QED) is 0.258. The second kappa shape index (κ2) is 8.22. The Labute approximate surface area is 220 Å². The van der Waals surface area contributed by atoms with Crippen LogP contribution in [0.25, 0.3) is 71.6 Å². The molecule has 0 unspecified atom stereocenters. The molecule has 0 fully saturated rings. The van der Waals surface area contributed by atoms with Gasteiger partial charge >= 0.3 is 0 Å². The molecule has 0 aliphatic carbocycles. The first-order valence-corrected chi connectivity index (χ1v) is 13.0. The second-order valence-corrected chi connectivity index (χ2v) is 9.90. The maximum Gasteiger partial charge on any atom is 0.0544 e. The molecule has 0 aliphatic heterocycles. The minimum Gasteiger partial charge on any atom is -0.354 e. The van der Waals surface area contributed by atoms with Crippen LogP contribution in [-0.4, -0.2) is 9.55 Å². The topological polar surface area (TPSA) is 20.7 Å². The van der Waals surface area contributed by atoms with Gasteiger partial charge in [0.25, 0.3) is 0 Å². The average Bonchev–Trinajstić information content (AvgIpc) is 3.53. The fourth-order valence-electron chi connectivity index (χ4n) is 5.99. The van der Waals surface area contributed by atoms with Crippen LogP contribution >= 0.6 is 0 Å². The Kier molecular flexibility index (Phi) is 4.55. The molecule has 2 heteroatoms. The van der Waals surface area contributed by atoms with E-state index in [0.717, 1.165) is 0 Å². The fraction of sp³-hybridized carbons (Fsp3) is 0. The lowest BCUT2D eigenvalue weighted by Gasteiger charge is -2.11. The van der Waals surface area contributed by atoms with E-state index in [0.29, 0.717) is 0 Å². The molecule has 0 atom stereocenters. The second-order valence-electron chi connectivity index (χ2n) is 9.90. The molecular formula is C36H24N2. The van der Waals surface area contributed by atoms with Crippen LogP contribution in [-0.2, 0) is 0 Å². The maximum atomic E-state index is 3.68. The van der Waals surface area contributed by atoms with Gasteiger partial charge in [0.2, 0.25) is 0 Å². The monoisotopic (exact) mass is 484 g/mol. The molecule has 178 valence electrons. The zero-order valence-electron chi connectivity index (χ0n) is 20.7. The van der Waals surface area contributed by atoms with Crippen LogP contribution in [0.2, 0.25) is 0 Å². The average molecular weight is 485 g/mol. The zero-order valence-corrected chi connectivity index (χ0v) is 20.7. The van der Waals surface area contributed by atoms with Crippen molar-refractivity contribution in [1.82, 2.24) is 9.55 Å². The summed E-state index contributed by atoms with van der Waals surface area (Å²) >= 11 is 0. The maximum absolute atomic E-state index is 3.68. The first kappa shape index (κ1) is 21.0. The summed E-state index contributed by atoms with van der Waals surface area (Å²) < 4.78 is 2.39. The van der Waals surface area contributed by atoms with Crippen molar-refractivity contribution in [2.45, 2.75) is 0 Å². The Morgan fingerprint density at radius 1 is 0.421 bits per heavy atom. The summed E-state index contributed by atoms with van der Waals surface area (Å²) in [7, 11) is 0. The zero-order chi connectivity index (χ0) is 25.1. The van der Waals surface area contributed by atoms with E-state index in [1.165, 1.54) is 71.6 Å². The van der Waals surface area contributed by atoms with Crippen LogP contribution in [0.1, 0.15) is 0 Å². The molecule has 2 nitrogen and oxygen atoms in total. The number of nitrogens with zero attached hydrogens (tertiary/aromatic N) is 1. The number of para-hydroxylation sites is 3. The normalized spacial score (nSPS) is 11.7. The first-order chi connectivity index (χ1) is 18.8. The third-order valence-electron chi connectivity index (χ3n) is 7.74. The van der Waals surface area contributed by atoms with Crippen LogP contribution in [0, 0.1) is 0 Å². The number of aromatic nitrogens is 2. The van der Waals surface area contributed by atoms with Crippen molar-refractivity contribution in [1.29, 1.82) is 0 Å². The minimum absolute atomic E-state index is 1.17. The molecule has 38 heavy (non-hydrogen) atoms. The van der Waals surface area contributed by atoms with Gasteiger partial charge in [-0.3, -0.25) is 0 Å². The van der Waals surface area contributed by atoms with Gasteiger partial charge in [-0.2, -0.15) is 0 Å². The highest BCUT2D eigenvalue weighted by molar-refractivity contribution is 6.14. The molecule has 2 heterocycles. The summed E-state index contributed by atoms with van der Waals surface area (Å²) in [5, 5.41) is 5.05. The SMILES string of the molecule is c1ccc(-c2cccc(-n3c4ccccc4c4cc(-c5cccc6c5[nH]c5ccccc56)ccc43)c2)cc1. The van der Waals surface area contributed by atoms with Crippen LogP contribution in [0.5, 0.6) is 0 Å². The van der Waals surface area contributed by atoms with E-state index < -0.39 is 0 Å². The van der Waals surface area contributed by atoms with Crippen LogP contribution in [0.15, 0.2) is 140 Å². The largest absolute Gasteiger partial charge is 0.354 e. The molecule has 8 aromatic rings. The standard InChI is InChI=1S/C36H24N2/c1-2-10-24(11-3-1)25-12-8-13-27(22-25)38-34-19-7-5-15-30(34)32-23-26(20-21-35(32)38)28-16-9-17-31-29-14-4-6-18-33(29)37-36(28)31/h1-23,37H. The molecule has 6 aromatic carbocycles. The van der Waals surface area contributed by atoms with Gasteiger partial charge in [-0.25, -0.2) is 0 Å². The third kappa shape index (κ3) is 3.14. The van der Waals surface area contributed by atoms with Gasteiger partial charge in [0.1, 0.15) is 0 Å². The number of hydrogen-bond acceptors (Lipinski definition) is 0. The number of rotatable bonds is 3. The summed E-state index contributed by atoms with van der Waals surface area (Å²) in [6.07, 6.45) is 0. The van der Waals surface area contributed by atoms with E-state index in [2.05, 4.69) is 149 Å². The molecule has 1 N–H and O–H groups in total. The highest BCUT2D eigenvalue weighted by Gasteiger charge is 2.15. The summed E-state index contributed by atoms with van der Waals surface area (Å²) in [5.74, 6) is 0. The fourth-order valence-corrected chi connectivity index (χ4v) is 5.99. The van der Waals surface area contributed by atoms with Crippen molar-refractivity contribution in [3.05, 3.63) is 140 Å². The first-order valence-electron chi connectivity index (χ1n) is 13.0. The Hall–Kier alpha value is -5.08. The highest BCUT2D eigenvalue weighted by atomic mass is 15.0. The highest BCUT2D eigenvalue weighted by Crippen LogP contribution is 2.38. The van der Waals surface area contributed by atoms with Crippen LogP contribution in [0.4, 0.5) is 0 Å². The molecule has 0 spiro atoms.